The van der Waals surface area contributed by atoms with Crippen LogP contribution in [0, 0.1) is 0 Å². The van der Waals surface area contributed by atoms with Crippen LogP contribution in [0.1, 0.15) is 25.0 Å². The lowest BCUT2D eigenvalue weighted by Crippen LogP contribution is -2.14. The van der Waals surface area contributed by atoms with E-state index in [9.17, 15) is 0 Å². The molecule has 10 rings (SSSR count). The van der Waals surface area contributed by atoms with Crippen molar-refractivity contribution in [2.24, 2.45) is 0 Å². The van der Waals surface area contributed by atoms with E-state index in [2.05, 4.69) is 182 Å². The summed E-state index contributed by atoms with van der Waals surface area (Å²) >= 11 is 0. The van der Waals surface area contributed by atoms with Crippen molar-refractivity contribution in [2.75, 3.05) is 0 Å². The molecule has 52 heavy (non-hydrogen) atoms. The van der Waals surface area contributed by atoms with Gasteiger partial charge in [0.1, 0.15) is 0 Å². The maximum Gasteiger partial charge on any atom is 0.160 e. The van der Waals surface area contributed by atoms with E-state index in [1.54, 1.807) is 0 Å². The SMILES string of the molecule is CC1(C)c2ccccc2-c2cc3c4cc(-c5cccc(-c6nc(-c7ccccc7)cc(-c7ccccc7)n6)c5)ccc4n(-c4ccccc4)c3cc21. The van der Waals surface area contributed by atoms with Crippen LogP contribution in [0.5, 0.6) is 0 Å². The lowest BCUT2D eigenvalue weighted by atomic mass is 9.82. The lowest BCUT2D eigenvalue weighted by molar-refractivity contribution is 0.661. The second-order valence-corrected chi connectivity index (χ2v) is 14.3. The molecule has 0 aliphatic heterocycles. The highest BCUT2D eigenvalue weighted by atomic mass is 15.0. The van der Waals surface area contributed by atoms with Crippen LogP contribution in [-0.2, 0) is 5.41 Å². The Morgan fingerprint density at radius 1 is 0.404 bits per heavy atom. The van der Waals surface area contributed by atoms with Gasteiger partial charge >= 0.3 is 0 Å². The number of hydrogen-bond donors (Lipinski definition) is 0. The summed E-state index contributed by atoms with van der Waals surface area (Å²) in [7, 11) is 0. The number of rotatable bonds is 5. The van der Waals surface area contributed by atoms with E-state index in [0.29, 0.717) is 5.82 Å². The molecule has 3 nitrogen and oxygen atoms in total. The molecule has 0 bridgehead atoms. The summed E-state index contributed by atoms with van der Waals surface area (Å²) in [4.78, 5) is 10.2. The Morgan fingerprint density at radius 2 is 0.981 bits per heavy atom. The molecule has 0 spiro atoms. The Hall–Kier alpha value is -6.58. The highest BCUT2D eigenvalue weighted by molar-refractivity contribution is 6.12. The summed E-state index contributed by atoms with van der Waals surface area (Å²) in [6.07, 6.45) is 0. The first kappa shape index (κ1) is 30.3. The monoisotopic (exact) mass is 665 g/mol. The highest BCUT2D eigenvalue weighted by Gasteiger charge is 2.36. The van der Waals surface area contributed by atoms with Crippen LogP contribution in [0.2, 0.25) is 0 Å². The normalized spacial score (nSPS) is 13.0. The van der Waals surface area contributed by atoms with Crippen molar-refractivity contribution in [3.05, 3.63) is 187 Å². The Kier molecular flexibility index (Phi) is 6.84. The van der Waals surface area contributed by atoms with Crippen molar-refractivity contribution in [3.8, 4) is 61.8 Å². The van der Waals surface area contributed by atoms with Crippen molar-refractivity contribution in [1.29, 1.82) is 0 Å². The predicted octanol–water partition coefficient (Wildman–Crippen LogP) is 12.5. The third kappa shape index (κ3) is 4.81. The molecule has 2 heterocycles. The molecular formula is C49H35N3. The van der Waals surface area contributed by atoms with E-state index in [1.165, 1.54) is 44.1 Å². The standard InChI is InChI=1S/C49H35N3/c1-49(2)42-24-13-12-23-38(42)39-29-41-40-28-35(25-26-46(40)52(47(41)30-43(39)49)37-21-10-5-11-22-37)34-19-14-20-36(27-34)48-50-44(32-15-6-3-7-16-32)31-45(51-48)33-17-8-4-9-18-33/h3-31H,1-2H3. The molecule has 246 valence electrons. The van der Waals surface area contributed by atoms with Gasteiger partial charge in [-0.3, -0.25) is 0 Å². The number of hydrogen-bond acceptors (Lipinski definition) is 2. The number of para-hydroxylation sites is 1. The first-order valence-corrected chi connectivity index (χ1v) is 17.9. The van der Waals surface area contributed by atoms with Crippen molar-refractivity contribution >= 4 is 21.8 Å². The van der Waals surface area contributed by atoms with Crippen molar-refractivity contribution in [2.45, 2.75) is 19.3 Å². The molecular weight excluding hydrogens is 631 g/mol. The number of nitrogens with zero attached hydrogens (tertiary/aromatic N) is 3. The van der Waals surface area contributed by atoms with Crippen molar-refractivity contribution in [1.82, 2.24) is 14.5 Å². The highest BCUT2D eigenvalue weighted by Crippen LogP contribution is 2.51. The number of fused-ring (bicyclic) bond motifs is 6. The summed E-state index contributed by atoms with van der Waals surface area (Å²) in [5, 5.41) is 2.50. The summed E-state index contributed by atoms with van der Waals surface area (Å²) < 4.78 is 2.43. The molecule has 7 aromatic carbocycles. The molecule has 0 saturated carbocycles. The quantitative estimate of drug-likeness (QED) is 0.183. The van der Waals surface area contributed by atoms with Gasteiger partial charge in [-0.25, -0.2) is 9.97 Å². The second-order valence-electron chi connectivity index (χ2n) is 14.3. The smallest absolute Gasteiger partial charge is 0.160 e. The molecule has 3 heteroatoms. The van der Waals surface area contributed by atoms with Gasteiger partial charge in [0.15, 0.2) is 5.82 Å². The van der Waals surface area contributed by atoms with Gasteiger partial charge in [0.2, 0.25) is 0 Å². The largest absolute Gasteiger partial charge is 0.309 e. The summed E-state index contributed by atoms with van der Waals surface area (Å²) in [6.45, 7) is 4.71. The molecule has 0 fully saturated rings. The Bertz CT molecular complexity index is 2740. The third-order valence-electron chi connectivity index (χ3n) is 10.8. The molecule has 0 N–H and O–H groups in total. The maximum absolute atomic E-state index is 5.11. The lowest BCUT2D eigenvalue weighted by Gasteiger charge is -2.21. The average molecular weight is 666 g/mol. The minimum atomic E-state index is -0.0794. The first-order chi connectivity index (χ1) is 25.5. The minimum absolute atomic E-state index is 0.0794. The third-order valence-corrected chi connectivity index (χ3v) is 10.8. The molecule has 0 saturated heterocycles. The van der Waals surface area contributed by atoms with Crippen LogP contribution in [0.15, 0.2) is 176 Å². The average Bonchev–Trinajstić information content (AvgIpc) is 3.65. The molecule has 1 aliphatic carbocycles. The zero-order valence-electron chi connectivity index (χ0n) is 29.1. The Morgan fingerprint density at radius 3 is 1.69 bits per heavy atom. The van der Waals surface area contributed by atoms with E-state index >= 15 is 0 Å². The van der Waals surface area contributed by atoms with Gasteiger partial charge in [0.25, 0.3) is 0 Å². The Balaban J connectivity index is 1.15. The van der Waals surface area contributed by atoms with Crippen LogP contribution in [-0.4, -0.2) is 14.5 Å². The second kappa shape index (κ2) is 11.8. The molecule has 0 radical (unpaired) electrons. The molecule has 1 aliphatic rings. The first-order valence-electron chi connectivity index (χ1n) is 17.9. The van der Waals surface area contributed by atoms with Gasteiger partial charge in [-0.1, -0.05) is 141 Å². The Labute approximate surface area is 303 Å². The summed E-state index contributed by atoms with van der Waals surface area (Å²) in [5.41, 5.74) is 16.1. The van der Waals surface area contributed by atoms with Crippen LogP contribution in [0.3, 0.4) is 0 Å². The van der Waals surface area contributed by atoms with Crippen molar-refractivity contribution < 1.29 is 0 Å². The van der Waals surface area contributed by atoms with Gasteiger partial charge in [-0.05, 0) is 81.9 Å². The van der Waals surface area contributed by atoms with E-state index in [1.807, 2.05) is 12.1 Å². The number of benzene rings is 7. The molecule has 0 amide bonds. The van der Waals surface area contributed by atoms with Gasteiger partial charge in [-0.15, -0.1) is 0 Å². The van der Waals surface area contributed by atoms with Crippen LogP contribution in [0.4, 0.5) is 0 Å². The van der Waals surface area contributed by atoms with Crippen LogP contribution in [0.25, 0.3) is 83.6 Å². The van der Waals surface area contributed by atoms with Gasteiger partial charge in [0.05, 0.1) is 22.4 Å². The van der Waals surface area contributed by atoms with Crippen LogP contribution < -0.4 is 0 Å². The fourth-order valence-electron chi connectivity index (χ4n) is 8.18. The number of aromatic nitrogens is 3. The van der Waals surface area contributed by atoms with Crippen LogP contribution >= 0.6 is 0 Å². The summed E-state index contributed by atoms with van der Waals surface area (Å²) in [6, 6.07) is 62.9. The minimum Gasteiger partial charge on any atom is -0.309 e. The zero-order valence-corrected chi connectivity index (χ0v) is 29.1. The molecule has 0 unspecified atom stereocenters. The van der Waals surface area contributed by atoms with E-state index in [0.717, 1.165) is 44.9 Å². The van der Waals surface area contributed by atoms with Gasteiger partial charge in [0, 0.05) is 38.6 Å². The van der Waals surface area contributed by atoms with Gasteiger partial charge < -0.3 is 4.57 Å². The van der Waals surface area contributed by atoms with E-state index in [-0.39, 0.29) is 5.41 Å². The van der Waals surface area contributed by atoms with Gasteiger partial charge in [-0.2, -0.15) is 0 Å². The van der Waals surface area contributed by atoms with E-state index < -0.39 is 0 Å². The maximum atomic E-state index is 5.11. The predicted molar refractivity (Wildman–Crippen MR) is 216 cm³/mol. The summed E-state index contributed by atoms with van der Waals surface area (Å²) in [5.74, 6) is 0.709. The topological polar surface area (TPSA) is 30.7 Å². The molecule has 2 aromatic heterocycles. The fourth-order valence-corrected chi connectivity index (χ4v) is 8.18. The zero-order chi connectivity index (χ0) is 34.8. The fraction of sp³-hybridized carbons (Fsp3) is 0.0612. The molecule has 9 aromatic rings. The van der Waals surface area contributed by atoms with E-state index in [4.69, 9.17) is 9.97 Å². The molecule has 0 atom stereocenters. The van der Waals surface area contributed by atoms with Crippen molar-refractivity contribution in [3.63, 3.8) is 0 Å².